The number of carbonyl (C=O) groups excluding carboxylic acids is 2. The van der Waals surface area contributed by atoms with Gasteiger partial charge in [0.15, 0.2) is 0 Å². The smallest absolute Gasteiger partial charge is 0.219 e. The highest BCUT2D eigenvalue weighted by Gasteiger charge is 2.24. The van der Waals surface area contributed by atoms with Crippen LogP contribution in [-0.2, 0) is 16.0 Å². The van der Waals surface area contributed by atoms with E-state index in [1.807, 2.05) is 17.0 Å². The first kappa shape index (κ1) is 13.6. The molecule has 0 bridgehead atoms. The number of carbonyl (C=O) groups is 2. The molecule has 0 radical (unpaired) electrons. The lowest BCUT2D eigenvalue weighted by Crippen LogP contribution is -2.53. The summed E-state index contributed by atoms with van der Waals surface area (Å²) in [4.78, 5) is 26.0. The van der Waals surface area contributed by atoms with Gasteiger partial charge in [0.05, 0.1) is 0 Å². The number of aldehydes is 1. The van der Waals surface area contributed by atoms with E-state index in [9.17, 15) is 9.59 Å². The third kappa shape index (κ3) is 3.13. The second kappa shape index (κ2) is 5.87. The minimum Gasteiger partial charge on any atom is -0.365 e. The molecule has 1 atom stereocenters. The minimum atomic E-state index is 0.146. The fourth-order valence-electron chi connectivity index (χ4n) is 2.55. The summed E-state index contributed by atoms with van der Waals surface area (Å²) in [5.74, 6) is 0.146. The Bertz CT molecular complexity index is 456. The van der Waals surface area contributed by atoms with Gasteiger partial charge in [-0.1, -0.05) is 12.1 Å². The molecule has 0 spiro atoms. The van der Waals surface area contributed by atoms with Gasteiger partial charge in [0.2, 0.25) is 5.91 Å². The number of piperazine rings is 1. The summed E-state index contributed by atoms with van der Waals surface area (Å²) in [5.41, 5.74) is 2.19. The Morgan fingerprint density at radius 1 is 1.32 bits per heavy atom. The van der Waals surface area contributed by atoms with Crippen LogP contribution in [-0.4, -0.2) is 42.8 Å². The van der Waals surface area contributed by atoms with Crippen LogP contribution in [0, 0.1) is 0 Å². The molecule has 1 amide bonds. The van der Waals surface area contributed by atoms with Crippen LogP contribution in [0.15, 0.2) is 24.3 Å². The minimum absolute atomic E-state index is 0.146. The first-order chi connectivity index (χ1) is 9.11. The Morgan fingerprint density at radius 2 is 2.00 bits per heavy atom. The van der Waals surface area contributed by atoms with Crippen molar-refractivity contribution in [1.29, 1.82) is 0 Å². The number of rotatable bonds is 3. The molecule has 0 unspecified atom stereocenters. The standard InChI is InChI=1S/C15H20N2O2/c1-12-11-16(13(2)19)8-9-17(12)15-5-3-14(4-6-15)7-10-18/h3-6,10,12H,7-9,11H2,1-2H3/t12-/m1/s1. The summed E-state index contributed by atoms with van der Waals surface area (Å²) in [6, 6.07) is 8.41. The van der Waals surface area contributed by atoms with Crippen molar-refractivity contribution < 1.29 is 9.59 Å². The highest BCUT2D eigenvalue weighted by molar-refractivity contribution is 5.73. The number of amides is 1. The molecule has 102 valence electrons. The monoisotopic (exact) mass is 260 g/mol. The van der Waals surface area contributed by atoms with Gasteiger partial charge < -0.3 is 14.6 Å². The topological polar surface area (TPSA) is 40.6 Å². The van der Waals surface area contributed by atoms with Gasteiger partial charge in [-0.3, -0.25) is 4.79 Å². The number of hydrogen-bond donors (Lipinski definition) is 0. The van der Waals surface area contributed by atoms with Crippen molar-refractivity contribution >= 4 is 17.9 Å². The molecule has 1 aliphatic heterocycles. The van der Waals surface area contributed by atoms with E-state index in [0.29, 0.717) is 12.5 Å². The highest BCUT2D eigenvalue weighted by atomic mass is 16.2. The lowest BCUT2D eigenvalue weighted by molar-refractivity contribution is -0.129. The molecule has 1 aromatic rings. The fraction of sp³-hybridized carbons (Fsp3) is 0.467. The van der Waals surface area contributed by atoms with Crippen molar-refractivity contribution in [2.45, 2.75) is 26.3 Å². The predicted octanol–water partition coefficient (Wildman–Crippen LogP) is 1.49. The van der Waals surface area contributed by atoms with E-state index in [4.69, 9.17) is 0 Å². The molecule has 1 saturated heterocycles. The Hall–Kier alpha value is -1.84. The molecule has 1 heterocycles. The predicted molar refractivity (Wildman–Crippen MR) is 75.3 cm³/mol. The quantitative estimate of drug-likeness (QED) is 0.773. The maximum absolute atomic E-state index is 11.4. The summed E-state index contributed by atoms with van der Waals surface area (Å²) in [6.07, 6.45) is 1.39. The van der Waals surface area contributed by atoms with Crippen LogP contribution >= 0.6 is 0 Å². The molecule has 4 nitrogen and oxygen atoms in total. The van der Waals surface area contributed by atoms with E-state index < -0.39 is 0 Å². The number of benzene rings is 1. The zero-order valence-corrected chi connectivity index (χ0v) is 11.5. The van der Waals surface area contributed by atoms with Crippen LogP contribution in [0.2, 0.25) is 0 Å². The van der Waals surface area contributed by atoms with Gasteiger partial charge in [-0.15, -0.1) is 0 Å². The van der Waals surface area contributed by atoms with Crippen molar-refractivity contribution in [3.63, 3.8) is 0 Å². The summed E-state index contributed by atoms with van der Waals surface area (Å²) in [6.45, 7) is 6.15. The van der Waals surface area contributed by atoms with Gasteiger partial charge in [0, 0.05) is 44.7 Å². The van der Waals surface area contributed by atoms with Crippen LogP contribution in [0.1, 0.15) is 19.4 Å². The molecule has 0 N–H and O–H groups in total. The fourth-order valence-corrected chi connectivity index (χ4v) is 2.55. The Balaban J connectivity index is 2.06. The van der Waals surface area contributed by atoms with E-state index in [2.05, 4.69) is 24.0 Å². The first-order valence-electron chi connectivity index (χ1n) is 6.66. The van der Waals surface area contributed by atoms with Gasteiger partial charge in [0.1, 0.15) is 6.29 Å². The van der Waals surface area contributed by atoms with Crippen LogP contribution in [0.25, 0.3) is 0 Å². The molecule has 19 heavy (non-hydrogen) atoms. The first-order valence-corrected chi connectivity index (χ1v) is 6.66. The van der Waals surface area contributed by atoms with Gasteiger partial charge in [-0.05, 0) is 24.6 Å². The third-order valence-corrected chi connectivity index (χ3v) is 3.66. The van der Waals surface area contributed by atoms with E-state index in [1.54, 1.807) is 6.92 Å². The maximum Gasteiger partial charge on any atom is 0.219 e. The average Bonchev–Trinajstić information content (AvgIpc) is 2.40. The molecular weight excluding hydrogens is 240 g/mol. The Labute approximate surface area is 114 Å². The molecule has 0 saturated carbocycles. The van der Waals surface area contributed by atoms with Gasteiger partial charge >= 0.3 is 0 Å². The zero-order chi connectivity index (χ0) is 13.8. The molecule has 0 aromatic heterocycles. The lowest BCUT2D eigenvalue weighted by atomic mass is 10.1. The largest absolute Gasteiger partial charge is 0.365 e. The molecule has 1 aliphatic rings. The summed E-state index contributed by atoms with van der Waals surface area (Å²) in [7, 11) is 0. The van der Waals surface area contributed by atoms with Crippen LogP contribution in [0.3, 0.4) is 0 Å². The average molecular weight is 260 g/mol. The third-order valence-electron chi connectivity index (χ3n) is 3.66. The number of anilines is 1. The number of nitrogens with zero attached hydrogens (tertiary/aromatic N) is 2. The van der Waals surface area contributed by atoms with E-state index in [-0.39, 0.29) is 5.91 Å². The molecule has 4 heteroatoms. The maximum atomic E-state index is 11.4. The van der Waals surface area contributed by atoms with E-state index in [0.717, 1.165) is 37.2 Å². The summed E-state index contributed by atoms with van der Waals surface area (Å²) in [5, 5.41) is 0. The van der Waals surface area contributed by atoms with Gasteiger partial charge in [0.25, 0.3) is 0 Å². The second-order valence-corrected chi connectivity index (χ2v) is 5.04. The van der Waals surface area contributed by atoms with E-state index in [1.165, 1.54) is 0 Å². The van der Waals surface area contributed by atoms with Crippen molar-refractivity contribution in [2.75, 3.05) is 24.5 Å². The van der Waals surface area contributed by atoms with Crippen molar-refractivity contribution in [3.05, 3.63) is 29.8 Å². The normalized spacial score (nSPS) is 19.4. The van der Waals surface area contributed by atoms with Crippen molar-refractivity contribution in [3.8, 4) is 0 Å². The van der Waals surface area contributed by atoms with Crippen LogP contribution in [0.4, 0.5) is 5.69 Å². The molecular formula is C15H20N2O2. The Kier molecular flexibility index (Phi) is 4.20. The molecule has 0 aliphatic carbocycles. The zero-order valence-electron chi connectivity index (χ0n) is 11.5. The summed E-state index contributed by atoms with van der Waals surface area (Å²) < 4.78 is 0. The van der Waals surface area contributed by atoms with Crippen molar-refractivity contribution in [2.24, 2.45) is 0 Å². The van der Waals surface area contributed by atoms with E-state index >= 15 is 0 Å². The van der Waals surface area contributed by atoms with Gasteiger partial charge in [-0.2, -0.15) is 0 Å². The SMILES string of the molecule is CC(=O)N1CCN(c2ccc(CC=O)cc2)[C@H](C)C1. The highest BCUT2D eigenvalue weighted by Crippen LogP contribution is 2.21. The number of hydrogen-bond acceptors (Lipinski definition) is 3. The van der Waals surface area contributed by atoms with Crippen LogP contribution in [0.5, 0.6) is 0 Å². The molecule has 2 rings (SSSR count). The van der Waals surface area contributed by atoms with Crippen molar-refractivity contribution in [1.82, 2.24) is 4.90 Å². The Morgan fingerprint density at radius 3 is 2.53 bits per heavy atom. The van der Waals surface area contributed by atoms with Gasteiger partial charge in [-0.25, -0.2) is 0 Å². The molecule has 1 aromatic carbocycles. The lowest BCUT2D eigenvalue weighted by Gasteiger charge is -2.41. The second-order valence-electron chi connectivity index (χ2n) is 5.04. The summed E-state index contributed by atoms with van der Waals surface area (Å²) >= 11 is 0. The molecule has 1 fully saturated rings. The van der Waals surface area contributed by atoms with Crippen LogP contribution < -0.4 is 4.90 Å².